The van der Waals surface area contributed by atoms with Crippen molar-refractivity contribution in [2.75, 3.05) is 41.6 Å². The molecule has 1 heterocycles. The maximum Gasteiger partial charge on any atom is 0.246 e. The van der Waals surface area contributed by atoms with Crippen LogP contribution in [0.2, 0.25) is 10.0 Å². The van der Waals surface area contributed by atoms with Crippen molar-refractivity contribution in [1.82, 2.24) is 4.90 Å². The second kappa shape index (κ2) is 9.04. The van der Waals surface area contributed by atoms with E-state index in [2.05, 4.69) is 4.90 Å². The van der Waals surface area contributed by atoms with Crippen LogP contribution in [-0.4, -0.2) is 57.7 Å². The van der Waals surface area contributed by atoms with Crippen LogP contribution >= 0.6 is 23.2 Å². The second-order valence-electron chi connectivity index (χ2n) is 7.46. The molecule has 1 aliphatic rings. The van der Waals surface area contributed by atoms with Gasteiger partial charge in [-0.15, -0.1) is 0 Å². The van der Waals surface area contributed by atoms with E-state index in [0.29, 0.717) is 41.9 Å². The molecule has 162 valence electrons. The Bertz CT molecular complexity index is 1040. The van der Waals surface area contributed by atoms with Gasteiger partial charge in [0.15, 0.2) is 0 Å². The summed E-state index contributed by atoms with van der Waals surface area (Å²) in [6.07, 6.45) is 1.11. The van der Waals surface area contributed by atoms with Gasteiger partial charge in [-0.25, -0.2) is 8.42 Å². The van der Waals surface area contributed by atoms with Crippen molar-refractivity contribution >= 4 is 50.5 Å². The predicted molar refractivity (Wildman–Crippen MR) is 123 cm³/mol. The van der Waals surface area contributed by atoms with Gasteiger partial charge < -0.3 is 9.80 Å². The van der Waals surface area contributed by atoms with Gasteiger partial charge in [0.25, 0.3) is 0 Å². The van der Waals surface area contributed by atoms with Gasteiger partial charge in [-0.3, -0.25) is 9.10 Å². The lowest BCUT2D eigenvalue weighted by molar-refractivity contribution is -0.132. The first-order valence-electron chi connectivity index (χ1n) is 9.63. The molecule has 0 radical (unpaired) electrons. The number of carbonyl (C=O) groups is 1. The summed E-state index contributed by atoms with van der Waals surface area (Å²) in [5.74, 6) is -0.231. The van der Waals surface area contributed by atoms with Crippen molar-refractivity contribution in [3.63, 3.8) is 0 Å². The van der Waals surface area contributed by atoms with Crippen molar-refractivity contribution in [1.29, 1.82) is 0 Å². The monoisotopic (exact) mass is 469 g/mol. The van der Waals surface area contributed by atoms with Crippen LogP contribution in [0.25, 0.3) is 0 Å². The smallest absolute Gasteiger partial charge is 0.246 e. The largest absolute Gasteiger partial charge is 0.368 e. The number of aryl methyl sites for hydroxylation is 1. The summed E-state index contributed by atoms with van der Waals surface area (Å²) >= 11 is 12.2. The number of hydrogen-bond donors (Lipinski definition) is 0. The number of nitrogens with zero attached hydrogens (tertiary/aromatic N) is 3. The Balaban J connectivity index is 1.77. The average molecular weight is 470 g/mol. The van der Waals surface area contributed by atoms with Gasteiger partial charge in [0, 0.05) is 41.9 Å². The maximum absolute atomic E-state index is 13.2. The molecule has 2 aromatic rings. The quantitative estimate of drug-likeness (QED) is 0.667. The molecule has 1 fully saturated rings. The Morgan fingerprint density at radius 1 is 1.03 bits per heavy atom. The van der Waals surface area contributed by atoms with Crippen LogP contribution in [0.3, 0.4) is 0 Å². The van der Waals surface area contributed by atoms with Crippen LogP contribution in [0.1, 0.15) is 12.5 Å². The molecule has 30 heavy (non-hydrogen) atoms. The molecular weight excluding hydrogens is 445 g/mol. The van der Waals surface area contributed by atoms with Gasteiger partial charge in [-0.2, -0.15) is 0 Å². The number of halogens is 2. The first-order valence-corrected chi connectivity index (χ1v) is 12.2. The van der Waals surface area contributed by atoms with Crippen molar-refractivity contribution in [2.24, 2.45) is 0 Å². The number of carbonyl (C=O) groups excluding carboxylic acids is 1. The third kappa shape index (κ3) is 5.02. The molecule has 0 spiro atoms. The number of amides is 1. The summed E-state index contributed by atoms with van der Waals surface area (Å²) in [5.41, 5.74) is 2.16. The van der Waals surface area contributed by atoms with E-state index in [1.165, 1.54) is 4.31 Å². The Kier molecular flexibility index (Phi) is 6.84. The first-order chi connectivity index (χ1) is 14.1. The summed E-state index contributed by atoms with van der Waals surface area (Å²) < 4.78 is 26.3. The number of benzene rings is 2. The fraction of sp³-hybridized carbons (Fsp3) is 0.381. The van der Waals surface area contributed by atoms with E-state index < -0.39 is 16.1 Å². The van der Waals surface area contributed by atoms with E-state index >= 15 is 0 Å². The highest BCUT2D eigenvalue weighted by Gasteiger charge is 2.34. The van der Waals surface area contributed by atoms with Crippen molar-refractivity contribution in [3.05, 3.63) is 58.1 Å². The number of anilines is 2. The van der Waals surface area contributed by atoms with E-state index in [-0.39, 0.29) is 5.91 Å². The predicted octanol–water partition coefficient (Wildman–Crippen LogP) is 3.81. The Morgan fingerprint density at radius 2 is 1.67 bits per heavy atom. The maximum atomic E-state index is 13.2. The molecule has 0 N–H and O–H groups in total. The van der Waals surface area contributed by atoms with Gasteiger partial charge in [-0.1, -0.05) is 35.3 Å². The summed E-state index contributed by atoms with van der Waals surface area (Å²) in [6.45, 7) is 5.71. The zero-order chi connectivity index (χ0) is 22.1. The number of sulfonamides is 1. The van der Waals surface area contributed by atoms with Crippen LogP contribution in [0.5, 0.6) is 0 Å². The third-order valence-corrected chi connectivity index (χ3v) is 6.94. The Labute approximate surface area is 188 Å². The molecule has 0 saturated carbocycles. The number of rotatable bonds is 5. The van der Waals surface area contributed by atoms with Crippen LogP contribution < -0.4 is 9.21 Å². The Morgan fingerprint density at radius 3 is 2.27 bits per heavy atom. The van der Waals surface area contributed by atoms with Crippen LogP contribution in [-0.2, 0) is 14.8 Å². The molecule has 2 aromatic carbocycles. The minimum atomic E-state index is -3.70. The molecular formula is C21H25Cl2N3O3S. The third-order valence-electron chi connectivity index (χ3n) is 5.24. The lowest BCUT2D eigenvalue weighted by atomic mass is 10.1. The van der Waals surface area contributed by atoms with Crippen LogP contribution in [0.4, 0.5) is 11.4 Å². The normalized spacial score (nSPS) is 15.8. The lowest BCUT2D eigenvalue weighted by Crippen LogP contribution is -2.55. The highest BCUT2D eigenvalue weighted by molar-refractivity contribution is 7.92. The highest BCUT2D eigenvalue weighted by Crippen LogP contribution is 2.29. The summed E-state index contributed by atoms with van der Waals surface area (Å²) in [5, 5.41) is 1.08. The van der Waals surface area contributed by atoms with Gasteiger partial charge in [0.1, 0.15) is 6.04 Å². The molecule has 1 aliphatic heterocycles. The van der Waals surface area contributed by atoms with E-state index in [1.54, 1.807) is 36.9 Å². The van der Waals surface area contributed by atoms with E-state index in [1.807, 2.05) is 24.3 Å². The molecule has 1 amide bonds. The molecule has 1 atom stereocenters. The van der Waals surface area contributed by atoms with Crippen LogP contribution in [0.15, 0.2) is 42.5 Å². The van der Waals surface area contributed by atoms with Crippen molar-refractivity contribution < 1.29 is 13.2 Å². The molecule has 0 aromatic heterocycles. The van der Waals surface area contributed by atoms with Gasteiger partial charge in [0.2, 0.25) is 15.9 Å². The minimum Gasteiger partial charge on any atom is -0.368 e. The van der Waals surface area contributed by atoms with Gasteiger partial charge in [-0.05, 0) is 49.7 Å². The number of hydrogen-bond acceptors (Lipinski definition) is 4. The van der Waals surface area contributed by atoms with Gasteiger partial charge >= 0.3 is 0 Å². The van der Waals surface area contributed by atoms with Gasteiger partial charge in [0.05, 0.1) is 11.9 Å². The first kappa shape index (κ1) is 22.7. The van der Waals surface area contributed by atoms with E-state index in [4.69, 9.17) is 23.2 Å². The summed E-state index contributed by atoms with van der Waals surface area (Å²) in [7, 11) is -3.70. The number of piperazine rings is 1. The zero-order valence-corrected chi connectivity index (χ0v) is 19.5. The lowest BCUT2D eigenvalue weighted by Gasteiger charge is -2.39. The van der Waals surface area contributed by atoms with Crippen LogP contribution in [0, 0.1) is 6.92 Å². The highest BCUT2D eigenvalue weighted by atomic mass is 35.5. The fourth-order valence-corrected chi connectivity index (χ4v) is 5.29. The molecule has 9 heteroatoms. The van der Waals surface area contributed by atoms with Crippen molar-refractivity contribution in [2.45, 2.75) is 19.9 Å². The average Bonchev–Trinajstić information content (AvgIpc) is 2.69. The molecule has 0 aliphatic carbocycles. The standard InChI is InChI=1S/C21H25Cl2N3O3S/c1-15-7-8-18(23)14-20(15)26(30(3,28)29)16(2)21(27)25-11-9-24(10-12-25)19-6-4-5-17(22)13-19/h4-8,13-14,16H,9-12H2,1-3H3. The molecule has 6 nitrogen and oxygen atoms in total. The topological polar surface area (TPSA) is 60.9 Å². The zero-order valence-electron chi connectivity index (χ0n) is 17.2. The molecule has 1 saturated heterocycles. The SMILES string of the molecule is Cc1ccc(Cl)cc1N(C(C)C(=O)N1CCN(c2cccc(Cl)c2)CC1)S(C)(=O)=O. The summed E-state index contributed by atoms with van der Waals surface area (Å²) in [6, 6.07) is 11.8. The molecule has 1 unspecified atom stereocenters. The van der Waals surface area contributed by atoms with Crippen molar-refractivity contribution in [3.8, 4) is 0 Å². The second-order valence-corrected chi connectivity index (χ2v) is 10.2. The Hall–Kier alpha value is -1.96. The van der Waals surface area contributed by atoms with E-state index in [9.17, 15) is 13.2 Å². The fourth-order valence-electron chi connectivity index (χ4n) is 3.72. The summed E-state index contributed by atoms with van der Waals surface area (Å²) in [4.78, 5) is 17.1. The molecule has 3 rings (SSSR count). The molecule has 0 bridgehead atoms. The van der Waals surface area contributed by atoms with E-state index in [0.717, 1.165) is 17.5 Å². The minimum absolute atomic E-state index is 0.231.